The molecule has 1 aliphatic carbocycles. The number of rotatable bonds is 3. The van der Waals surface area contributed by atoms with Gasteiger partial charge in [-0.2, -0.15) is 5.10 Å². The van der Waals surface area contributed by atoms with Crippen molar-refractivity contribution < 1.29 is 9.59 Å². The highest BCUT2D eigenvalue weighted by Gasteiger charge is 2.42. The summed E-state index contributed by atoms with van der Waals surface area (Å²) in [5.41, 5.74) is 1.11. The zero-order chi connectivity index (χ0) is 16.7. The molecule has 2 aliphatic heterocycles. The van der Waals surface area contributed by atoms with Gasteiger partial charge in [-0.15, -0.1) is 0 Å². The SMILES string of the molecule is Cn1cc(C2CCCN2C(=O)C2CC(=O)N(C3CCCC3)C2)cn1. The van der Waals surface area contributed by atoms with Gasteiger partial charge in [0.2, 0.25) is 11.8 Å². The molecule has 3 aliphatic rings. The van der Waals surface area contributed by atoms with E-state index in [1.807, 2.05) is 29.2 Å². The van der Waals surface area contributed by atoms with Crippen LogP contribution in [0.2, 0.25) is 0 Å². The van der Waals surface area contributed by atoms with Gasteiger partial charge in [-0.3, -0.25) is 14.3 Å². The molecule has 0 radical (unpaired) electrons. The Kier molecular flexibility index (Phi) is 4.06. The maximum Gasteiger partial charge on any atom is 0.228 e. The highest BCUT2D eigenvalue weighted by Crippen LogP contribution is 2.36. The van der Waals surface area contributed by atoms with Gasteiger partial charge in [-0.05, 0) is 25.7 Å². The van der Waals surface area contributed by atoms with Gasteiger partial charge in [0.05, 0.1) is 18.2 Å². The maximum atomic E-state index is 13.1. The Balaban J connectivity index is 1.46. The molecule has 6 nitrogen and oxygen atoms in total. The molecule has 0 bridgehead atoms. The summed E-state index contributed by atoms with van der Waals surface area (Å²) in [7, 11) is 1.90. The van der Waals surface area contributed by atoms with Gasteiger partial charge in [-0.25, -0.2) is 0 Å². The summed E-state index contributed by atoms with van der Waals surface area (Å²) in [5.74, 6) is 0.183. The third-order valence-electron chi connectivity index (χ3n) is 5.92. The van der Waals surface area contributed by atoms with Gasteiger partial charge in [0.1, 0.15) is 0 Å². The van der Waals surface area contributed by atoms with Crippen LogP contribution in [0, 0.1) is 5.92 Å². The Labute approximate surface area is 142 Å². The maximum absolute atomic E-state index is 13.1. The number of carbonyl (C=O) groups is 2. The Bertz CT molecular complexity index is 635. The predicted molar refractivity (Wildman–Crippen MR) is 89.0 cm³/mol. The van der Waals surface area contributed by atoms with Crippen LogP contribution in [0.3, 0.4) is 0 Å². The molecule has 4 rings (SSSR count). The normalized spacial score (nSPS) is 28.3. The van der Waals surface area contributed by atoms with Crippen LogP contribution in [0.4, 0.5) is 0 Å². The third-order valence-corrected chi connectivity index (χ3v) is 5.92. The van der Waals surface area contributed by atoms with Crippen molar-refractivity contribution in [2.75, 3.05) is 13.1 Å². The first-order valence-electron chi connectivity index (χ1n) is 9.22. The number of hydrogen-bond acceptors (Lipinski definition) is 3. The van der Waals surface area contributed by atoms with Crippen molar-refractivity contribution in [3.63, 3.8) is 0 Å². The van der Waals surface area contributed by atoms with Gasteiger partial charge in [-0.1, -0.05) is 12.8 Å². The highest BCUT2D eigenvalue weighted by atomic mass is 16.2. The minimum absolute atomic E-state index is 0.127. The van der Waals surface area contributed by atoms with E-state index in [1.165, 1.54) is 12.8 Å². The number of nitrogens with zero attached hydrogens (tertiary/aromatic N) is 4. The van der Waals surface area contributed by atoms with Crippen LogP contribution in [0.5, 0.6) is 0 Å². The van der Waals surface area contributed by atoms with E-state index < -0.39 is 0 Å². The van der Waals surface area contributed by atoms with Crippen LogP contribution < -0.4 is 0 Å². The fraction of sp³-hybridized carbons (Fsp3) is 0.722. The molecule has 130 valence electrons. The topological polar surface area (TPSA) is 58.4 Å². The highest BCUT2D eigenvalue weighted by molar-refractivity contribution is 5.89. The number of carbonyl (C=O) groups excluding carboxylic acids is 2. The molecule has 0 N–H and O–H groups in total. The van der Waals surface area contributed by atoms with Crippen molar-refractivity contribution in [3.8, 4) is 0 Å². The second-order valence-corrected chi connectivity index (χ2v) is 7.52. The van der Waals surface area contributed by atoms with Gasteiger partial charge in [0, 0.05) is 44.4 Å². The molecule has 2 atom stereocenters. The summed E-state index contributed by atoms with van der Waals surface area (Å²) in [6.07, 6.45) is 10.9. The minimum atomic E-state index is -0.157. The summed E-state index contributed by atoms with van der Waals surface area (Å²) in [6, 6.07) is 0.504. The second kappa shape index (κ2) is 6.22. The lowest BCUT2D eigenvalue weighted by atomic mass is 10.0. The third kappa shape index (κ3) is 2.72. The Hall–Kier alpha value is -1.85. The van der Waals surface area contributed by atoms with E-state index in [2.05, 4.69) is 5.10 Å². The van der Waals surface area contributed by atoms with E-state index in [0.29, 0.717) is 19.0 Å². The molecule has 2 unspecified atom stereocenters. The molecular weight excluding hydrogens is 304 g/mol. The van der Waals surface area contributed by atoms with Gasteiger partial charge >= 0.3 is 0 Å². The standard InChI is InChI=1S/C18H26N4O2/c1-20-11-14(10-19-20)16-7-4-8-21(16)18(24)13-9-17(23)22(12-13)15-5-2-3-6-15/h10-11,13,15-16H,2-9,12H2,1H3. The first-order chi connectivity index (χ1) is 11.6. The van der Waals surface area contributed by atoms with Crippen LogP contribution in [-0.2, 0) is 16.6 Å². The molecule has 0 aromatic carbocycles. The van der Waals surface area contributed by atoms with E-state index in [-0.39, 0.29) is 23.8 Å². The average molecular weight is 330 g/mol. The minimum Gasteiger partial charge on any atom is -0.339 e. The van der Waals surface area contributed by atoms with Crippen molar-refractivity contribution >= 4 is 11.8 Å². The van der Waals surface area contributed by atoms with Gasteiger partial charge in [0.15, 0.2) is 0 Å². The van der Waals surface area contributed by atoms with Crippen molar-refractivity contribution in [1.29, 1.82) is 0 Å². The summed E-state index contributed by atoms with van der Waals surface area (Å²) in [4.78, 5) is 29.4. The number of aryl methyl sites for hydroxylation is 1. The average Bonchev–Trinajstić information content (AvgIpc) is 3.33. The monoisotopic (exact) mass is 330 g/mol. The number of hydrogen-bond donors (Lipinski definition) is 0. The fourth-order valence-corrected chi connectivity index (χ4v) is 4.69. The Morgan fingerprint density at radius 1 is 1.21 bits per heavy atom. The van der Waals surface area contributed by atoms with E-state index in [4.69, 9.17) is 0 Å². The fourth-order valence-electron chi connectivity index (χ4n) is 4.69. The first kappa shape index (κ1) is 15.7. The smallest absolute Gasteiger partial charge is 0.228 e. The van der Waals surface area contributed by atoms with Crippen LogP contribution >= 0.6 is 0 Å². The van der Waals surface area contributed by atoms with Crippen molar-refractivity contribution in [2.45, 2.75) is 57.0 Å². The molecule has 3 fully saturated rings. The number of likely N-dealkylation sites (tertiary alicyclic amines) is 2. The summed E-state index contributed by atoms with van der Waals surface area (Å²) >= 11 is 0. The van der Waals surface area contributed by atoms with Crippen LogP contribution in [-0.4, -0.2) is 50.5 Å². The van der Waals surface area contributed by atoms with Crippen molar-refractivity contribution in [2.24, 2.45) is 13.0 Å². The molecule has 2 saturated heterocycles. The van der Waals surface area contributed by atoms with Crippen LogP contribution in [0.1, 0.15) is 56.6 Å². The van der Waals surface area contributed by atoms with Gasteiger partial charge < -0.3 is 9.80 Å². The van der Waals surface area contributed by atoms with Crippen molar-refractivity contribution in [1.82, 2.24) is 19.6 Å². The lowest BCUT2D eigenvalue weighted by molar-refractivity contribution is -0.136. The quantitative estimate of drug-likeness (QED) is 0.850. The predicted octanol–water partition coefficient (Wildman–Crippen LogP) is 1.87. The van der Waals surface area contributed by atoms with Gasteiger partial charge in [0.25, 0.3) is 0 Å². The molecule has 1 saturated carbocycles. The number of aromatic nitrogens is 2. The van der Waals surface area contributed by atoms with E-state index in [1.54, 1.807) is 4.68 Å². The Morgan fingerprint density at radius 2 is 2.00 bits per heavy atom. The summed E-state index contributed by atoms with van der Waals surface area (Å²) in [5, 5.41) is 4.25. The molecule has 3 heterocycles. The molecule has 1 aromatic heterocycles. The van der Waals surface area contributed by atoms with Crippen LogP contribution in [0.25, 0.3) is 0 Å². The summed E-state index contributed by atoms with van der Waals surface area (Å²) < 4.78 is 1.79. The first-order valence-corrected chi connectivity index (χ1v) is 9.22. The molecule has 1 aromatic rings. The molecular formula is C18H26N4O2. The zero-order valence-electron chi connectivity index (χ0n) is 14.4. The largest absolute Gasteiger partial charge is 0.339 e. The molecule has 6 heteroatoms. The van der Waals surface area contributed by atoms with E-state index in [9.17, 15) is 9.59 Å². The lowest BCUT2D eigenvalue weighted by Crippen LogP contribution is -2.38. The number of amides is 2. The van der Waals surface area contributed by atoms with Crippen molar-refractivity contribution in [3.05, 3.63) is 18.0 Å². The summed E-state index contributed by atoms with van der Waals surface area (Å²) in [6.45, 7) is 1.42. The molecule has 2 amide bonds. The van der Waals surface area contributed by atoms with E-state index in [0.717, 1.165) is 37.8 Å². The second-order valence-electron chi connectivity index (χ2n) is 7.52. The van der Waals surface area contributed by atoms with E-state index >= 15 is 0 Å². The van der Waals surface area contributed by atoms with Crippen LogP contribution in [0.15, 0.2) is 12.4 Å². The Morgan fingerprint density at radius 3 is 2.71 bits per heavy atom. The zero-order valence-corrected chi connectivity index (χ0v) is 14.4. The molecule has 0 spiro atoms. The molecule has 24 heavy (non-hydrogen) atoms. The lowest BCUT2D eigenvalue weighted by Gasteiger charge is -2.28.